The average Bonchev–Trinajstić information content (AvgIpc) is 2.83. The van der Waals surface area contributed by atoms with Gasteiger partial charge in [0.05, 0.1) is 23.5 Å². The molecule has 1 saturated carbocycles. The Kier molecular flexibility index (Phi) is 3.65. The van der Waals surface area contributed by atoms with Crippen LogP contribution in [-0.4, -0.2) is 22.4 Å². The number of aromatic nitrogens is 2. The number of rotatable bonds is 4. The summed E-state index contributed by atoms with van der Waals surface area (Å²) >= 11 is 5.93. The van der Waals surface area contributed by atoms with Crippen LogP contribution in [0.3, 0.4) is 0 Å². The molecule has 1 aliphatic rings. The number of nitrogens with one attached hydrogen (secondary N) is 1. The summed E-state index contributed by atoms with van der Waals surface area (Å²) in [6, 6.07) is 0.733. The molecule has 0 aromatic carbocycles. The van der Waals surface area contributed by atoms with E-state index in [0.29, 0.717) is 0 Å². The zero-order chi connectivity index (χ0) is 10.7. The molecule has 2 rings (SSSR count). The van der Waals surface area contributed by atoms with Crippen molar-refractivity contribution >= 4 is 11.6 Å². The molecule has 0 amide bonds. The van der Waals surface area contributed by atoms with Gasteiger partial charge >= 0.3 is 0 Å². The van der Waals surface area contributed by atoms with Gasteiger partial charge in [-0.1, -0.05) is 24.4 Å². The first-order chi connectivity index (χ1) is 7.27. The smallest absolute Gasteiger partial charge is 0.0814 e. The van der Waals surface area contributed by atoms with E-state index in [0.717, 1.165) is 29.8 Å². The molecule has 1 N–H and O–H groups in total. The summed E-state index contributed by atoms with van der Waals surface area (Å²) in [5, 5.41) is 8.55. The van der Waals surface area contributed by atoms with Crippen molar-refractivity contribution < 1.29 is 0 Å². The molecule has 3 nitrogen and oxygen atoms in total. The molecule has 0 atom stereocenters. The summed E-state index contributed by atoms with van der Waals surface area (Å²) in [7, 11) is 0. The molecular weight excluding hydrogens is 210 g/mol. The first kappa shape index (κ1) is 11.0. The monoisotopic (exact) mass is 227 g/mol. The van der Waals surface area contributed by atoms with Gasteiger partial charge in [0.1, 0.15) is 0 Å². The molecule has 1 fully saturated rings. The largest absolute Gasteiger partial charge is 0.312 e. The second-order valence-electron chi connectivity index (χ2n) is 4.24. The molecule has 0 unspecified atom stereocenters. The van der Waals surface area contributed by atoms with Crippen LogP contribution in [0, 0.1) is 6.92 Å². The van der Waals surface area contributed by atoms with Gasteiger partial charge in [-0.15, -0.1) is 0 Å². The zero-order valence-corrected chi connectivity index (χ0v) is 9.93. The maximum absolute atomic E-state index is 5.93. The topological polar surface area (TPSA) is 29.9 Å². The van der Waals surface area contributed by atoms with Crippen molar-refractivity contribution in [2.75, 3.05) is 6.54 Å². The standard InChI is InChI=1S/C11H18ClN3/c1-9-11(12)8-14-15(9)7-6-13-10-4-2-3-5-10/h8,10,13H,2-7H2,1H3. The Bertz CT molecular complexity index is 316. The zero-order valence-electron chi connectivity index (χ0n) is 9.17. The van der Waals surface area contributed by atoms with E-state index in [2.05, 4.69) is 10.4 Å². The second-order valence-corrected chi connectivity index (χ2v) is 4.64. The minimum absolute atomic E-state index is 0.733. The number of hydrogen-bond acceptors (Lipinski definition) is 2. The molecule has 0 saturated heterocycles. The van der Waals surface area contributed by atoms with Crippen LogP contribution in [0.15, 0.2) is 6.20 Å². The predicted molar refractivity (Wildman–Crippen MR) is 62.2 cm³/mol. The minimum Gasteiger partial charge on any atom is -0.312 e. The van der Waals surface area contributed by atoms with Gasteiger partial charge in [0.15, 0.2) is 0 Å². The van der Waals surface area contributed by atoms with Crippen LogP contribution in [0.4, 0.5) is 0 Å². The highest BCUT2D eigenvalue weighted by molar-refractivity contribution is 6.31. The molecule has 1 aliphatic carbocycles. The molecule has 84 valence electrons. The predicted octanol–water partition coefficient (Wildman–Crippen LogP) is 2.38. The first-order valence-corrected chi connectivity index (χ1v) is 6.06. The number of nitrogens with zero attached hydrogens (tertiary/aromatic N) is 2. The summed E-state index contributed by atoms with van der Waals surface area (Å²) in [5.41, 5.74) is 1.06. The Morgan fingerprint density at radius 1 is 1.53 bits per heavy atom. The molecule has 15 heavy (non-hydrogen) atoms. The Balaban J connectivity index is 1.75. The van der Waals surface area contributed by atoms with E-state index >= 15 is 0 Å². The maximum atomic E-state index is 5.93. The normalized spacial score (nSPS) is 17.5. The molecule has 0 bridgehead atoms. The van der Waals surface area contributed by atoms with Gasteiger partial charge in [-0.25, -0.2) is 0 Å². The van der Waals surface area contributed by atoms with Crippen molar-refractivity contribution in [2.24, 2.45) is 0 Å². The van der Waals surface area contributed by atoms with Crippen LogP contribution in [0.5, 0.6) is 0 Å². The van der Waals surface area contributed by atoms with Gasteiger partial charge in [0.2, 0.25) is 0 Å². The molecule has 1 heterocycles. The third-order valence-electron chi connectivity index (χ3n) is 3.16. The molecule has 0 radical (unpaired) electrons. The highest BCUT2D eigenvalue weighted by atomic mass is 35.5. The summed E-state index contributed by atoms with van der Waals surface area (Å²) in [6.07, 6.45) is 7.14. The fraction of sp³-hybridized carbons (Fsp3) is 0.727. The maximum Gasteiger partial charge on any atom is 0.0814 e. The lowest BCUT2D eigenvalue weighted by atomic mass is 10.2. The Labute approximate surface area is 95.8 Å². The van der Waals surface area contributed by atoms with Gasteiger partial charge in [0, 0.05) is 12.6 Å². The van der Waals surface area contributed by atoms with Gasteiger partial charge in [-0.2, -0.15) is 5.10 Å². The first-order valence-electron chi connectivity index (χ1n) is 5.68. The summed E-state index contributed by atoms with van der Waals surface area (Å²) in [5.74, 6) is 0. The summed E-state index contributed by atoms with van der Waals surface area (Å²) < 4.78 is 1.96. The third-order valence-corrected chi connectivity index (χ3v) is 3.53. The lowest BCUT2D eigenvalue weighted by Gasteiger charge is -2.12. The lowest BCUT2D eigenvalue weighted by Crippen LogP contribution is -2.29. The van der Waals surface area contributed by atoms with Crippen LogP contribution in [0.2, 0.25) is 5.02 Å². The highest BCUT2D eigenvalue weighted by Gasteiger charge is 2.13. The van der Waals surface area contributed by atoms with Crippen LogP contribution < -0.4 is 5.32 Å². The van der Waals surface area contributed by atoms with Crippen molar-refractivity contribution in [3.05, 3.63) is 16.9 Å². The lowest BCUT2D eigenvalue weighted by molar-refractivity contribution is 0.476. The Hall–Kier alpha value is -0.540. The van der Waals surface area contributed by atoms with E-state index in [1.807, 2.05) is 11.6 Å². The van der Waals surface area contributed by atoms with Gasteiger partial charge in [0.25, 0.3) is 0 Å². The Morgan fingerprint density at radius 2 is 2.27 bits per heavy atom. The fourth-order valence-corrected chi connectivity index (χ4v) is 2.29. The third kappa shape index (κ3) is 2.73. The SMILES string of the molecule is Cc1c(Cl)cnn1CCNC1CCCC1. The van der Waals surface area contributed by atoms with Crippen molar-refractivity contribution in [3.63, 3.8) is 0 Å². The quantitative estimate of drug-likeness (QED) is 0.856. The second kappa shape index (κ2) is 4.99. The molecule has 1 aromatic rings. The molecule has 0 spiro atoms. The molecule has 0 aliphatic heterocycles. The van der Waals surface area contributed by atoms with Gasteiger partial charge < -0.3 is 5.32 Å². The number of halogens is 1. The fourth-order valence-electron chi connectivity index (χ4n) is 2.15. The van der Waals surface area contributed by atoms with E-state index in [-0.39, 0.29) is 0 Å². The molecular formula is C11H18ClN3. The highest BCUT2D eigenvalue weighted by Crippen LogP contribution is 2.17. The summed E-state index contributed by atoms with van der Waals surface area (Å²) in [6.45, 7) is 3.91. The van der Waals surface area contributed by atoms with Gasteiger partial charge in [-0.3, -0.25) is 4.68 Å². The van der Waals surface area contributed by atoms with Crippen LogP contribution >= 0.6 is 11.6 Å². The Morgan fingerprint density at radius 3 is 2.87 bits per heavy atom. The van der Waals surface area contributed by atoms with E-state index in [9.17, 15) is 0 Å². The van der Waals surface area contributed by atoms with Crippen molar-refractivity contribution in [2.45, 2.75) is 45.2 Å². The molecule has 1 aromatic heterocycles. The van der Waals surface area contributed by atoms with E-state index in [4.69, 9.17) is 11.6 Å². The minimum atomic E-state index is 0.733. The molecule has 4 heteroatoms. The van der Waals surface area contributed by atoms with Crippen molar-refractivity contribution in [3.8, 4) is 0 Å². The summed E-state index contributed by atoms with van der Waals surface area (Å²) in [4.78, 5) is 0. The van der Waals surface area contributed by atoms with Crippen molar-refractivity contribution in [1.29, 1.82) is 0 Å². The van der Waals surface area contributed by atoms with Crippen LogP contribution in [-0.2, 0) is 6.54 Å². The van der Waals surface area contributed by atoms with E-state index in [1.165, 1.54) is 25.7 Å². The van der Waals surface area contributed by atoms with Gasteiger partial charge in [-0.05, 0) is 19.8 Å². The number of hydrogen-bond donors (Lipinski definition) is 1. The van der Waals surface area contributed by atoms with E-state index < -0.39 is 0 Å². The van der Waals surface area contributed by atoms with Crippen LogP contribution in [0.1, 0.15) is 31.4 Å². The van der Waals surface area contributed by atoms with E-state index in [1.54, 1.807) is 6.20 Å². The average molecular weight is 228 g/mol. The van der Waals surface area contributed by atoms with Crippen molar-refractivity contribution in [1.82, 2.24) is 15.1 Å². The van der Waals surface area contributed by atoms with Crippen LogP contribution in [0.25, 0.3) is 0 Å².